The Kier molecular flexibility index (Phi) is 4.44. The molecule has 1 unspecified atom stereocenters. The van der Waals surface area contributed by atoms with E-state index in [1.165, 1.54) is 0 Å². The molecule has 1 fully saturated rings. The fourth-order valence-corrected chi connectivity index (χ4v) is 2.27. The molecule has 0 spiro atoms. The summed E-state index contributed by atoms with van der Waals surface area (Å²) in [5.41, 5.74) is 2.17. The molecule has 5 nitrogen and oxygen atoms in total. The van der Waals surface area contributed by atoms with Crippen LogP contribution in [0.5, 0.6) is 0 Å². The third kappa shape index (κ3) is 3.96. The van der Waals surface area contributed by atoms with Gasteiger partial charge in [-0.1, -0.05) is 12.1 Å². The highest BCUT2D eigenvalue weighted by atomic mass is 19.4. The maximum atomic E-state index is 12.4. The first kappa shape index (κ1) is 15.7. The lowest BCUT2D eigenvalue weighted by Crippen LogP contribution is -2.33. The predicted molar refractivity (Wildman–Crippen MR) is 78.3 cm³/mol. The van der Waals surface area contributed by atoms with Crippen molar-refractivity contribution in [3.05, 3.63) is 48.0 Å². The zero-order valence-electron chi connectivity index (χ0n) is 12.1. The number of hydrogen-bond acceptors (Lipinski definition) is 5. The Morgan fingerprint density at radius 1 is 1.09 bits per heavy atom. The van der Waals surface area contributed by atoms with E-state index in [0.717, 1.165) is 36.7 Å². The fraction of sp³-hybridized carbons (Fsp3) is 0.333. The average molecular weight is 324 g/mol. The van der Waals surface area contributed by atoms with Crippen LogP contribution in [0.25, 0.3) is 0 Å². The van der Waals surface area contributed by atoms with Crippen LogP contribution < -0.4 is 10.6 Å². The minimum Gasteiger partial charge on any atom is -0.371 e. The van der Waals surface area contributed by atoms with Crippen molar-refractivity contribution >= 4 is 11.4 Å². The van der Waals surface area contributed by atoms with Gasteiger partial charge in [0.25, 0.3) is 0 Å². The number of alkyl halides is 3. The molecule has 0 saturated carbocycles. The molecule has 0 amide bonds. The molecule has 1 saturated heterocycles. The van der Waals surface area contributed by atoms with Crippen molar-refractivity contribution in [2.24, 2.45) is 0 Å². The Bertz CT molecular complexity index is 637. The van der Waals surface area contributed by atoms with Crippen molar-refractivity contribution in [2.75, 3.05) is 25.0 Å². The first-order valence-electron chi connectivity index (χ1n) is 7.11. The second-order valence-corrected chi connectivity index (χ2v) is 5.10. The molecule has 0 bridgehead atoms. The molecule has 0 aliphatic carbocycles. The minimum absolute atomic E-state index is 0.0206. The van der Waals surface area contributed by atoms with E-state index in [9.17, 15) is 13.2 Å². The molecule has 8 heteroatoms. The molecular weight excluding hydrogens is 309 g/mol. The average Bonchev–Trinajstić information content (AvgIpc) is 2.56. The predicted octanol–water partition coefficient (Wildman–Crippen LogP) is 2.90. The Morgan fingerprint density at radius 3 is 2.35 bits per heavy atom. The van der Waals surface area contributed by atoms with Crippen LogP contribution in [0.4, 0.5) is 24.5 Å². The third-order valence-electron chi connectivity index (χ3n) is 3.40. The van der Waals surface area contributed by atoms with Crippen LogP contribution in [-0.4, -0.2) is 29.7 Å². The maximum Gasteiger partial charge on any atom is 0.451 e. The third-order valence-corrected chi connectivity index (χ3v) is 3.40. The summed E-state index contributed by atoms with van der Waals surface area (Å²) >= 11 is 0. The SMILES string of the molecule is FC(F)(F)c1ncc(Nc2ccc(C3CNCCO3)cc2)cn1. The molecule has 0 radical (unpaired) electrons. The summed E-state index contributed by atoms with van der Waals surface area (Å²) in [7, 11) is 0. The second kappa shape index (κ2) is 6.51. The van der Waals surface area contributed by atoms with Gasteiger partial charge in [-0.2, -0.15) is 13.2 Å². The van der Waals surface area contributed by atoms with Gasteiger partial charge in [0.2, 0.25) is 5.82 Å². The first-order valence-corrected chi connectivity index (χ1v) is 7.11. The molecule has 122 valence electrons. The van der Waals surface area contributed by atoms with E-state index in [1.54, 1.807) is 0 Å². The van der Waals surface area contributed by atoms with Crippen molar-refractivity contribution in [3.63, 3.8) is 0 Å². The Hall–Kier alpha value is -2.19. The normalized spacial score (nSPS) is 18.7. The van der Waals surface area contributed by atoms with Crippen LogP contribution in [0.15, 0.2) is 36.7 Å². The van der Waals surface area contributed by atoms with Gasteiger partial charge in [0.15, 0.2) is 0 Å². The topological polar surface area (TPSA) is 59.1 Å². The van der Waals surface area contributed by atoms with Gasteiger partial charge >= 0.3 is 6.18 Å². The summed E-state index contributed by atoms with van der Waals surface area (Å²) < 4.78 is 42.9. The second-order valence-electron chi connectivity index (χ2n) is 5.10. The van der Waals surface area contributed by atoms with E-state index in [0.29, 0.717) is 12.3 Å². The zero-order chi connectivity index (χ0) is 16.3. The van der Waals surface area contributed by atoms with Crippen LogP contribution in [-0.2, 0) is 10.9 Å². The van der Waals surface area contributed by atoms with Crippen molar-refractivity contribution < 1.29 is 17.9 Å². The molecule has 1 atom stereocenters. The number of ether oxygens (including phenoxy) is 1. The standard InChI is InChI=1S/C15H15F3N4O/c16-15(17,18)14-20-7-12(8-21-14)22-11-3-1-10(2-4-11)13-9-19-5-6-23-13/h1-4,7-8,13,19,22H,5-6,9H2. The number of hydrogen-bond donors (Lipinski definition) is 2. The van der Waals surface area contributed by atoms with E-state index >= 15 is 0 Å². The van der Waals surface area contributed by atoms with Crippen LogP contribution in [0.2, 0.25) is 0 Å². The summed E-state index contributed by atoms with van der Waals surface area (Å²) in [6, 6.07) is 7.52. The number of benzene rings is 1. The van der Waals surface area contributed by atoms with Gasteiger partial charge in [-0.25, -0.2) is 9.97 Å². The quantitative estimate of drug-likeness (QED) is 0.909. The molecule has 3 rings (SSSR count). The van der Waals surface area contributed by atoms with Gasteiger partial charge in [0.1, 0.15) is 0 Å². The number of nitrogens with one attached hydrogen (secondary N) is 2. The number of nitrogens with zero attached hydrogens (tertiary/aromatic N) is 2. The molecule has 1 aromatic carbocycles. The van der Waals surface area contributed by atoms with Crippen LogP contribution in [0, 0.1) is 0 Å². The van der Waals surface area contributed by atoms with E-state index in [1.807, 2.05) is 24.3 Å². The van der Waals surface area contributed by atoms with E-state index in [4.69, 9.17) is 4.74 Å². The summed E-state index contributed by atoms with van der Waals surface area (Å²) in [5.74, 6) is -1.15. The Morgan fingerprint density at radius 2 is 1.78 bits per heavy atom. The van der Waals surface area contributed by atoms with Crippen molar-refractivity contribution in [3.8, 4) is 0 Å². The zero-order valence-corrected chi connectivity index (χ0v) is 12.1. The van der Waals surface area contributed by atoms with Gasteiger partial charge < -0.3 is 15.4 Å². The summed E-state index contributed by atoms with van der Waals surface area (Å²) in [4.78, 5) is 6.62. The fourth-order valence-electron chi connectivity index (χ4n) is 2.27. The molecule has 1 aliphatic heterocycles. The molecule has 1 aromatic heterocycles. The Balaban J connectivity index is 1.66. The molecule has 2 aromatic rings. The van der Waals surface area contributed by atoms with Crippen molar-refractivity contribution in [1.82, 2.24) is 15.3 Å². The number of rotatable bonds is 3. The van der Waals surface area contributed by atoms with E-state index in [-0.39, 0.29) is 6.10 Å². The molecule has 2 heterocycles. The van der Waals surface area contributed by atoms with Gasteiger partial charge in [-0.15, -0.1) is 0 Å². The van der Waals surface area contributed by atoms with E-state index in [2.05, 4.69) is 20.6 Å². The first-order chi connectivity index (χ1) is 11.0. The van der Waals surface area contributed by atoms with Gasteiger partial charge in [0, 0.05) is 18.8 Å². The number of aromatic nitrogens is 2. The largest absolute Gasteiger partial charge is 0.451 e. The molecule has 1 aliphatic rings. The summed E-state index contributed by atoms with van der Waals surface area (Å²) in [6.07, 6.45) is -2.29. The lowest BCUT2D eigenvalue weighted by Gasteiger charge is -2.24. The van der Waals surface area contributed by atoms with Crippen molar-refractivity contribution in [1.29, 1.82) is 0 Å². The van der Waals surface area contributed by atoms with Gasteiger partial charge in [0.05, 0.1) is 30.8 Å². The summed E-state index contributed by atoms with van der Waals surface area (Å²) in [5, 5.41) is 6.22. The van der Waals surface area contributed by atoms with E-state index < -0.39 is 12.0 Å². The minimum atomic E-state index is -4.53. The molecular formula is C15H15F3N4O. The number of halogens is 3. The van der Waals surface area contributed by atoms with Crippen molar-refractivity contribution in [2.45, 2.75) is 12.3 Å². The van der Waals surface area contributed by atoms with Crippen LogP contribution >= 0.6 is 0 Å². The highest BCUT2D eigenvalue weighted by molar-refractivity contribution is 5.58. The van der Waals surface area contributed by atoms with Crippen LogP contribution in [0.1, 0.15) is 17.5 Å². The Labute approximate surface area is 130 Å². The molecule has 2 N–H and O–H groups in total. The van der Waals surface area contributed by atoms with Gasteiger partial charge in [-0.05, 0) is 17.7 Å². The number of morpholine rings is 1. The lowest BCUT2D eigenvalue weighted by molar-refractivity contribution is -0.144. The monoisotopic (exact) mass is 324 g/mol. The highest BCUT2D eigenvalue weighted by Crippen LogP contribution is 2.27. The highest BCUT2D eigenvalue weighted by Gasteiger charge is 2.34. The number of anilines is 2. The smallest absolute Gasteiger partial charge is 0.371 e. The molecule has 23 heavy (non-hydrogen) atoms. The summed E-state index contributed by atoms with van der Waals surface area (Å²) in [6.45, 7) is 2.29. The maximum absolute atomic E-state index is 12.4. The van der Waals surface area contributed by atoms with Gasteiger partial charge in [-0.3, -0.25) is 0 Å². The van der Waals surface area contributed by atoms with Crippen LogP contribution in [0.3, 0.4) is 0 Å². The lowest BCUT2D eigenvalue weighted by atomic mass is 10.1.